The molecule has 182 valence electrons. The second-order valence-corrected chi connectivity index (χ2v) is 10.7. The largest absolute Gasteiger partial charge is 0.335 e. The Bertz CT molecular complexity index is 1120. The number of aromatic nitrogens is 1. The normalized spacial score (nSPS) is 17.7. The molecule has 0 radical (unpaired) electrons. The van der Waals surface area contributed by atoms with Crippen molar-refractivity contribution in [1.29, 1.82) is 0 Å². The van der Waals surface area contributed by atoms with Crippen LogP contribution in [0.1, 0.15) is 43.1 Å². The van der Waals surface area contributed by atoms with E-state index < -0.39 is 5.82 Å². The quantitative estimate of drug-likeness (QED) is 0.582. The van der Waals surface area contributed by atoms with Crippen LogP contribution in [-0.4, -0.2) is 58.2 Å². The zero-order valence-electron chi connectivity index (χ0n) is 18.5. The highest BCUT2D eigenvalue weighted by Gasteiger charge is 2.31. The number of rotatable bonds is 6. The van der Waals surface area contributed by atoms with Crippen LogP contribution in [0.15, 0.2) is 40.1 Å². The van der Waals surface area contributed by atoms with Gasteiger partial charge in [0.25, 0.3) is 5.91 Å². The molecule has 1 aliphatic heterocycles. The average Bonchev–Trinajstić information content (AvgIpc) is 3.55. The number of amides is 3. The summed E-state index contributed by atoms with van der Waals surface area (Å²) in [4.78, 5) is 45.0. The highest BCUT2D eigenvalue weighted by molar-refractivity contribution is 8.01. The maximum Gasteiger partial charge on any atom is 0.254 e. The van der Waals surface area contributed by atoms with Crippen molar-refractivity contribution in [3.05, 3.63) is 47.9 Å². The Kier molecular flexibility index (Phi) is 8.14. The van der Waals surface area contributed by atoms with Crippen LogP contribution in [0.2, 0.25) is 0 Å². The van der Waals surface area contributed by atoms with Crippen molar-refractivity contribution in [2.45, 2.75) is 49.3 Å². The number of thiazole rings is 1. The molecule has 1 atom stereocenters. The average molecular weight is 505 g/mol. The summed E-state index contributed by atoms with van der Waals surface area (Å²) in [6.07, 6.45) is 4.69. The number of halogens is 1. The summed E-state index contributed by atoms with van der Waals surface area (Å²) < 4.78 is 15.4. The van der Waals surface area contributed by atoms with Crippen molar-refractivity contribution in [3.63, 3.8) is 0 Å². The van der Waals surface area contributed by atoms with Crippen LogP contribution < -0.4 is 5.32 Å². The first-order chi connectivity index (χ1) is 15.8. The molecule has 0 unspecified atom stereocenters. The summed E-state index contributed by atoms with van der Waals surface area (Å²) in [5.41, 5.74) is 0.988. The van der Waals surface area contributed by atoms with E-state index in [1.165, 1.54) is 35.2 Å². The molecule has 34 heavy (non-hydrogen) atoms. The van der Waals surface area contributed by atoms with Gasteiger partial charge in [0.2, 0.25) is 11.8 Å². The monoisotopic (exact) mass is 504 g/mol. The van der Waals surface area contributed by atoms with Crippen LogP contribution in [0.3, 0.4) is 0 Å². The van der Waals surface area contributed by atoms with Crippen molar-refractivity contribution in [1.82, 2.24) is 14.8 Å². The first-order valence-corrected chi connectivity index (χ1v) is 12.4. The molecule has 7 nitrogen and oxygen atoms in total. The molecule has 2 aromatic rings. The van der Waals surface area contributed by atoms with Crippen molar-refractivity contribution in [2.75, 3.05) is 25.0 Å². The fourth-order valence-corrected chi connectivity index (χ4v) is 5.63. The van der Waals surface area contributed by atoms with Crippen LogP contribution in [0, 0.1) is 18.7 Å². The third-order valence-electron chi connectivity index (χ3n) is 5.76. The molecular formula is C24H29FN4O3S2. The third kappa shape index (κ3) is 5.67. The first-order valence-electron chi connectivity index (χ1n) is 10.7. The van der Waals surface area contributed by atoms with Gasteiger partial charge in [-0.1, -0.05) is 37.1 Å². The van der Waals surface area contributed by atoms with Crippen LogP contribution in [0.4, 0.5) is 9.52 Å². The topological polar surface area (TPSA) is 82.6 Å². The summed E-state index contributed by atoms with van der Waals surface area (Å²) in [6.45, 7) is 8.36. The fourth-order valence-electron chi connectivity index (χ4n) is 3.74. The third-order valence-corrected chi connectivity index (χ3v) is 7.80. The molecule has 1 aliphatic carbocycles. The minimum atomic E-state index is -0.416. The van der Waals surface area contributed by atoms with Gasteiger partial charge in [-0.25, -0.2) is 9.37 Å². The molecule has 1 N–H and O–H groups in total. The van der Waals surface area contributed by atoms with Gasteiger partial charge in [0.05, 0.1) is 10.4 Å². The lowest BCUT2D eigenvalue weighted by molar-refractivity contribution is -0.129. The molecule has 0 spiro atoms. The predicted molar refractivity (Wildman–Crippen MR) is 133 cm³/mol. The van der Waals surface area contributed by atoms with Gasteiger partial charge in [0, 0.05) is 42.1 Å². The van der Waals surface area contributed by atoms with Gasteiger partial charge in [-0.15, -0.1) is 0 Å². The molecule has 1 saturated heterocycles. The lowest BCUT2D eigenvalue weighted by Crippen LogP contribution is -2.55. The SMILES string of the molecule is C.C=CC(=O)N1CCN(C(=O)c2cc(Sc3cnc(NC(=O)C4CC4)s3)c(F)cc2C)C[C@H]1C. The number of benzene rings is 1. The maximum absolute atomic E-state index is 14.7. The second kappa shape index (κ2) is 10.7. The van der Waals surface area contributed by atoms with Gasteiger partial charge < -0.3 is 15.1 Å². The van der Waals surface area contributed by atoms with E-state index in [0.717, 1.165) is 12.8 Å². The predicted octanol–water partition coefficient (Wildman–Crippen LogP) is 4.59. The number of hydrogen-bond donors (Lipinski definition) is 1. The Labute approximate surface area is 207 Å². The molecule has 2 heterocycles. The van der Waals surface area contributed by atoms with Gasteiger partial charge in [0.1, 0.15) is 5.82 Å². The van der Waals surface area contributed by atoms with E-state index >= 15 is 0 Å². The summed E-state index contributed by atoms with van der Waals surface area (Å²) in [7, 11) is 0. The van der Waals surface area contributed by atoms with E-state index in [0.29, 0.717) is 45.0 Å². The lowest BCUT2D eigenvalue weighted by atomic mass is 10.1. The lowest BCUT2D eigenvalue weighted by Gasteiger charge is -2.39. The van der Waals surface area contributed by atoms with E-state index in [2.05, 4.69) is 16.9 Å². The van der Waals surface area contributed by atoms with Crippen LogP contribution >= 0.6 is 23.1 Å². The van der Waals surface area contributed by atoms with Gasteiger partial charge in [0.15, 0.2) is 5.13 Å². The van der Waals surface area contributed by atoms with E-state index in [4.69, 9.17) is 0 Å². The smallest absolute Gasteiger partial charge is 0.254 e. The molecular weight excluding hydrogens is 475 g/mol. The molecule has 1 aromatic heterocycles. The Morgan fingerprint density at radius 2 is 2.03 bits per heavy atom. The molecule has 1 saturated carbocycles. The Hall–Kier alpha value is -2.72. The minimum Gasteiger partial charge on any atom is -0.335 e. The second-order valence-electron chi connectivity index (χ2n) is 8.28. The molecule has 0 bridgehead atoms. The highest BCUT2D eigenvalue weighted by atomic mass is 32.2. The van der Waals surface area contributed by atoms with Crippen molar-refractivity contribution >= 4 is 46.0 Å². The number of nitrogens with one attached hydrogen (secondary N) is 1. The summed E-state index contributed by atoms with van der Waals surface area (Å²) in [5.74, 6) is -0.704. The number of anilines is 1. The summed E-state index contributed by atoms with van der Waals surface area (Å²) >= 11 is 2.45. The van der Waals surface area contributed by atoms with E-state index in [-0.39, 0.29) is 37.1 Å². The van der Waals surface area contributed by atoms with Crippen LogP contribution in [-0.2, 0) is 9.59 Å². The van der Waals surface area contributed by atoms with Crippen LogP contribution in [0.25, 0.3) is 0 Å². The zero-order chi connectivity index (χ0) is 23.7. The number of piperazine rings is 1. The number of carbonyl (C=O) groups is 3. The maximum atomic E-state index is 14.7. The Morgan fingerprint density at radius 1 is 1.29 bits per heavy atom. The Balaban J connectivity index is 0.00000324. The van der Waals surface area contributed by atoms with Gasteiger partial charge >= 0.3 is 0 Å². The first kappa shape index (κ1) is 25.9. The standard InChI is InChI=1S/C23H25FN4O3S2.CH4/c1-4-19(29)28-8-7-27(12-14(28)3)22(31)16-10-18(17(24)9-13(16)2)32-20-11-25-23(33-20)26-21(30)15-5-6-15;/h4,9-11,14-15H,1,5-8,12H2,2-3H3,(H,25,26,30);1H4/t14-;/m1./s1. The van der Waals surface area contributed by atoms with Gasteiger partial charge in [-0.05, 0) is 50.5 Å². The molecule has 10 heteroatoms. The summed E-state index contributed by atoms with van der Waals surface area (Å²) in [5, 5.41) is 3.28. The molecule has 2 fully saturated rings. The fraction of sp³-hybridized carbons (Fsp3) is 0.417. The van der Waals surface area contributed by atoms with Crippen molar-refractivity contribution in [3.8, 4) is 0 Å². The summed E-state index contributed by atoms with van der Waals surface area (Å²) in [6, 6.07) is 2.81. The van der Waals surface area contributed by atoms with Gasteiger partial charge in [-0.3, -0.25) is 14.4 Å². The highest BCUT2D eigenvalue weighted by Crippen LogP contribution is 2.37. The van der Waals surface area contributed by atoms with E-state index in [1.807, 2.05) is 6.92 Å². The minimum absolute atomic E-state index is 0. The van der Waals surface area contributed by atoms with Gasteiger partial charge in [-0.2, -0.15) is 0 Å². The van der Waals surface area contributed by atoms with Crippen LogP contribution in [0.5, 0.6) is 0 Å². The van der Waals surface area contributed by atoms with E-state index in [9.17, 15) is 18.8 Å². The molecule has 3 amide bonds. The number of carbonyl (C=O) groups excluding carboxylic acids is 3. The Morgan fingerprint density at radius 3 is 2.68 bits per heavy atom. The van der Waals surface area contributed by atoms with Crippen molar-refractivity contribution < 1.29 is 18.8 Å². The number of hydrogen-bond acceptors (Lipinski definition) is 6. The zero-order valence-corrected chi connectivity index (χ0v) is 20.1. The van der Waals surface area contributed by atoms with E-state index in [1.54, 1.807) is 29.0 Å². The molecule has 4 rings (SSSR count). The number of aryl methyl sites for hydroxylation is 1. The van der Waals surface area contributed by atoms with Crippen molar-refractivity contribution in [2.24, 2.45) is 5.92 Å². The molecule has 2 aliphatic rings. The number of nitrogens with zero attached hydrogens (tertiary/aromatic N) is 3. The molecule has 1 aromatic carbocycles.